The number of carbonyl (C=O) groups excluding carboxylic acids is 1. The van der Waals surface area contributed by atoms with Crippen LogP contribution in [0.3, 0.4) is 0 Å². The van der Waals surface area contributed by atoms with Crippen LogP contribution in [0.15, 0.2) is 12.1 Å². The first-order valence-corrected chi connectivity index (χ1v) is 4.93. The van der Waals surface area contributed by atoms with Crippen molar-refractivity contribution in [2.24, 2.45) is 0 Å². The van der Waals surface area contributed by atoms with Crippen molar-refractivity contribution in [2.45, 2.75) is 19.4 Å². The lowest BCUT2D eigenvalue weighted by Gasteiger charge is -2.14. The van der Waals surface area contributed by atoms with Gasteiger partial charge >= 0.3 is 5.69 Å². The molecular weight excluding hydrogens is 234 g/mol. The van der Waals surface area contributed by atoms with Gasteiger partial charge in [0.25, 0.3) is 0 Å². The van der Waals surface area contributed by atoms with Gasteiger partial charge < -0.3 is 4.74 Å². The summed E-state index contributed by atoms with van der Waals surface area (Å²) in [5, 5.41) is 10.9. The second-order valence-electron chi connectivity index (χ2n) is 3.97. The number of carbonyl (C=O) groups is 1. The van der Waals surface area contributed by atoms with Crippen LogP contribution in [0.5, 0.6) is 5.75 Å². The van der Waals surface area contributed by atoms with Crippen LogP contribution in [-0.4, -0.2) is 16.3 Å². The number of hydrogen-bond donors (Lipinski definition) is 0. The first-order valence-electron chi connectivity index (χ1n) is 4.55. The van der Waals surface area contributed by atoms with Crippen molar-refractivity contribution >= 4 is 23.1 Å². The Morgan fingerprint density at radius 3 is 2.62 bits per heavy atom. The van der Waals surface area contributed by atoms with Crippen LogP contribution in [-0.2, 0) is 0 Å². The van der Waals surface area contributed by atoms with Gasteiger partial charge in [0.1, 0.15) is 0 Å². The molecule has 0 bridgehead atoms. The van der Waals surface area contributed by atoms with E-state index in [-0.39, 0.29) is 27.8 Å². The summed E-state index contributed by atoms with van der Waals surface area (Å²) in [6.07, 6.45) is 0. The number of ether oxygens (including phenoxy) is 1. The summed E-state index contributed by atoms with van der Waals surface area (Å²) in [6, 6.07) is 2.57. The van der Waals surface area contributed by atoms with E-state index in [1.807, 2.05) is 0 Å². The number of rotatable bonds is 1. The van der Waals surface area contributed by atoms with Crippen molar-refractivity contribution in [2.75, 3.05) is 0 Å². The molecule has 16 heavy (non-hydrogen) atoms. The Morgan fingerprint density at radius 2 is 2.06 bits per heavy atom. The van der Waals surface area contributed by atoms with E-state index in [0.29, 0.717) is 0 Å². The van der Waals surface area contributed by atoms with Crippen LogP contribution in [0, 0.1) is 10.1 Å². The minimum absolute atomic E-state index is 0.0347. The molecule has 1 heterocycles. The highest BCUT2D eigenvalue weighted by Gasteiger charge is 2.45. The molecule has 84 valence electrons. The lowest BCUT2D eigenvalue weighted by atomic mass is 9.99. The van der Waals surface area contributed by atoms with Crippen molar-refractivity contribution < 1.29 is 14.5 Å². The zero-order valence-corrected chi connectivity index (χ0v) is 9.37. The van der Waals surface area contributed by atoms with Crippen LogP contribution >= 0.6 is 11.6 Å². The van der Waals surface area contributed by atoms with Gasteiger partial charge in [-0.15, -0.1) is 0 Å². The Kier molecular flexibility index (Phi) is 2.17. The van der Waals surface area contributed by atoms with E-state index < -0.39 is 10.5 Å². The number of Topliss-reactive ketones (excluding diaryl/α,β-unsaturated/α-hetero) is 1. The minimum atomic E-state index is -1.10. The third-order valence-corrected chi connectivity index (χ3v) is 2.73. The van der Waals surface area contributed by atoms with E-state index >= 15 is 0 Å². The van der Waals surface area contributed by atoms with Crippen molar-refractivity contribution in [1.29, 1.82) is 0 Å². The van der Waals surface area contributed by atoms with Crippen molar-refractivity contribution in [3.63, 3.8) is 0 Å². The van der Waals surface area contributed by atoms with Gasteiger partial charge in [-0.05, 0) is 19.9 Å². The molecular formula is C10H8ClNO4. The number of nitro benzene ring substituents is 1. The van der Waals surface area contributed by atoms with Gasteiger partial charge in [0, 0.05) is 6.07 Å². The molecule has 0 aliphatic carbocycles. The highest BCUT2D eigenvalue weighted by atomic mass is 35.5. The van der Waals surface area contributed by atoms with Gasteiger partial charge in [-0.3, -0.25) is 14.9 Å². The van der Waals surface area contributed by atoms with E-state index in [1.54, 1.807) is 13.8 Å². The van der Waals surface area contributed by atoms with Crippen LogP contribution in [0.25, 0.3) is 0 Å². The lowest BCUT2D eigenvalue weighted by Crippen LogP contribution is -2.32. The Hall–Kier alpha value is -1.62. The number of ketones is 1. The summed E-state index contributed by atoms with van der Waals surface area (Å²) in [7, 11) is 0. The number of hydrogen-bond acceptors (Lipinski definition) is 4. The highest BCUT2D eigenvalue weighted by molar-refractivity contribution is 6.35. The van der Waals surface area contributed by atoms with Crippen molar-refractivity contribution in [3.05, 3.63) is 32.8 Å². The Bertz CT molecular complexity index is 510. The normalized spacial score (nSPS) is 16.8. The number of nitro groups is 1. The molecule has 1 aliphatic rings. The average molecular weight is 242 g/mol. The fraction of sp³-hybridized carbons (Fsp3) is 0.300. The van der Waals surface area contributed by atoms with E-state index in [4.69, 9.17) is 16.3 Å². The van der Waals surface area contributed by atoms with Crippen LogP contribution in [0.4, 0.5) is 5.69 Å². The smallest absolute Gasteiger partial charge is 0.311 e. The number of benzene rings is 1. The summed E-state index contributed by atoms with van der Waals surface area (Å²) < 4.78 is 5.30. The van der Waals surface area contributed by atoms with Crippen LogP contribution < -0.4 is 4.74 Å². The Labute approximate surface area is 96.1 Å². The predicted molar refractivity (Wildman–Crippen MR) is 57.1 cm³/mol. The number of fused-ring (bicyclic) bond motifs is 1. The molecule has 0 spiro atoms. The third kappa shape index (κ3) is 1.36. The van der Waals surface area contributed by atoms with Crippen LogP contribution in [0.2, 0.25) is 5.02 Å². The van der Waals surface area contributed by atoms with Gasteiger partial charge in [0.15, 0.2) is 5.60 Å². The van der Waals surface area contributed by atoms with Crippen molar-refractivity contribution in [1.82, 2.24) is 0 Å². The molecule has 1 aromatic carbocycles. The van der Waals surface area contributed by atoms with E-state index in [2.05, 4.69) is 0 Å². The molecule has 0 saturated heterocycles. The molecule has 0 unspecified atom stereocenters. The second kappa shape index (κ2) is 3.18. The fourth-order valence-electron chi connectivity index (χ4n) is 1.61. The standard InChI is InChI=1S/C10H8ClNO4/c1-10(2)9(13)7-5(11)3-4-6(12(14)15)8(7)16-10/h3-4H,1-2H3. The quantitative estimate of drug-likeness (QED) is 0.560. The van der Waals surface area contributed by atoms with Gasteiger partial charge in [-0.25, -0.2) is 0 Å². The van der Waals surface area contributed by atoms with Gasteiger partial charge in [-0.2, -0.15) is 0 Å². The van der Waals surface area contributed by atoms with E-state index in [0.717, 1.165) is 0 Å². The maximum Gasteiger partial charge on any atom is 0.311 e. The molecule has 0 atom stereocenters. The van der Waals surface area contributed by atoms with Crippen molar-refractivity contribution in [3.8, 4) is 5.75 Å². The van der Waals surface area contributed by atoms with Gasteiger partial charge in [-0.1, -0.05) is 11.6 Å². The molecule has 1 aromatic rings. The van der Waals surface area contributed by atoms with Crippen LogP contribution in [0.1, 0.15) is 24.2 Å². The molecule has 0 radical (unpaired) electrons. The summed E-state index contributed by atoms with van der Waals surface area (Å²) in [4.78, 5) is 22.0. The molecule has 6 heteroatoms. The lowest BCUT2D eigenvalue weighted by molar-refractivity contribution is -0.386. The van der Waals surface area contributed by atoms with E-state index in [9.17, 15) is 14.9 Å². The molecule has 0 N–H and O–H groups in total. The average Bonchev–Trinajstić information content (AvgIpc) is 2.38. The molecule has 0 aromatic heterocycles. The summed E-state index contributed by atoms with van der Waals surface area (Å²) in [5.41, 5.74) is -1.24. The molecule has 0 saturated carbocycles. The maximum absolute atomic E-state index is 11.9. The Morgan fingerprint density at radius 1 is 1.44 bits per heavy atom. The summed E-state index contributed by atoms with van der Waals surface area (Å²) >= 11 is 5.85. The predicted octanol–water partition coefficient (Wildman–Crippen LogP) is 2.60. The fourth-order valence-corrected chi connectivity index (χ4v) is 1.84. The molecule has 2 rings (SSSR count). The summed E-state index contributed by atoms with van der Waals surface area (Å²) in [5.74, 6) is -0.372. The highest BCUT2D eigenvalue weighted by Crippen LogP contribution is 2.44. The SMILES string of the molecule is CC1(C)Oc2c([N+](=O)[O-])ccc(Cl)c2C1=O. The topological polar surface area (TPSA) is 69.4 Å². The largest absolute Gasteiger partial charge is 0.472 e. The monoisotopic (exact) mass is 241 g/mol. The zero-order chi connectivity index (χ0) is 12.1. The Balaban J connectivity index is 2.72. The zero-order valence-electron chi connectivity index (χ0n) is 8.61. The molecule has 0 fully saturated rings. The molecule has 5 nitrogen and oxygen atoms in total. The number of nitrogens with zero attached hydrogens (tertiary/aromatic N) is 1. The van der Waals surface area contributed by atoms with Gasteiger partial charge in [0.05, 0.1) is 15.5 Å². The minimum Gasteiger partial charge on any atom is -0.472 e. The van der Waals surface area contributed by atoms with Gasteiger partial charge in [0.2, 0.25) is 11.5 Å². The van der Waals surface area contributed by atoms with E-state index in [1.165, 1.54) is 12.1 Å². The molecule has 0 amide bonds. The summed E-state index contributed by atoms with van der Waals surface area (Å²) in [6.45, 7) is 3.10. The number of halogens is 1. The molecule has 1 aliphatic heterocycles. The first-order chi connectivity index (χ1) is 7.34. The third-order valence-electron chi connectivity index (χ3n) is 2.41. The second-order valence-corrected chi connectivity index (χ2v) is 4.38. The maximum atomic E-state index is 11.9. The first kappa shape index (κ1) is 10.9.